The third-order valence-electron chi connectivity index (χ3n) is 3.26. The maximum atomic E-state index is 4.59. The third-order valence-corrected chi connectivity index (χ3v) is 4.48. The number of piperidine rings is 1. The standard InChI is InChI=1S/C12H21N3S/c1-13-6-3-11-9-14-12(16-11)10-4-7-15(2)8-5-10/h9-10,13H,3-8H2,1-2H3. The van der Waals surface area contributed by atoms with Crippen molar-refractivity contribution in [1.29, 1.82) is 0 Å². The van der Waals surface area contributed by atoms with Gasteiger partial charge in [0.25, 0.3) is 0 Å². The molecule has 3 nitrogen and oxygen atoms in total. The van der Waals surface area contributed by atoms with E-state index in [1.54, 1.807) is 0 Å². The fourth-order valence-corrected chi connectivity index (χ4v) is 3.22. The fraction of sp³-hybridized carbons (Fsp3) is 0.750. The van der Waals surface area contributed by atoms with Gasteiger partial charge in [-0.2, -0.15) is 0 Å². The molecule has 1 aliphatic rings. The first kappa shape index (κ1) is 12.0. The van der Waals surface area contributed by atoms with Crippen LogP contribution < -0.4 is 5.32 Å². The molecule has 1 aromatic rings. The van der Waals surface area contributed by atoms with Gasteiger partial charge in [0.1, 0.15) is 0 Å². The van der Waals surface area contributed by atoms with Crippen LogP contribution in [0.15, 0.2) is 6.20 Å². The van der Waals surface area contributed by atoms with Gasteiger partial charge in [0, 0.05) is 17.0 Å². The summed E-state index contributed by atoms with van der Waals surface area (Å²) >= 11 is 1.91. The molecule has 1 fully saturated rings. The summed E-state index contributed by atoms with van der Waals surface area (Å²) in [5.41, 5.74) is 0. The van der Waals surface area contributed by atoms with Gasteiger partial charge in [-0.3, -0.25) is 0 Å². The second-order valence-electron chi connectivity index (χ2n) is 4.60. The minimum absolute atomic E-state index is 0.713. The van der Waals surface area contributed by atoms with Crippen molar-refractivity contribution in [3.63, 3.8) is 0 Å². The molecular formula is C12H21N3S. The maximum absolute atomic E-state index is 4.59. The normalized spacial score (nSPS) is 19.1. The monoisotopic (exact) mass is 239 g/mol. The Balaban J connectivity index is 1.91. The molecule has 0 spiro atoms. The van der Waals surface area contributed by atoms with E-state index in [4.69, 9.17) is 0 Å². The van der Waals surface area contributed by atoms with Gasteiger partial charge in [0.05, 0.1) is 5.01 Å². The SMILES string of the molecule is CNCCc1cnc(C2CCN(C)CC2)s1. The third kappa shape index (κ3) is 3.03. The van der Waals surface area contributed by atoms with E-state index in [2.05, 4.69) is 28.4 Å². The molecule has 1 aromatic heterocycles. The smallest absolute Gasteiger partial charge is 0.0959 e. The van der Waals surface area contributed by atoms with E-state index in [0.717, 1.165) is 13.0 Å². The average molecular weight is 239 g/mol. The lowest BCUT2D eigenvalue weighted by molar-refractivity contribution is 0.255. The summed E-state index contributed by atoms with van der Waals surface area (Å²) in [5, 5.41) is 4.54. The number of hydrogen-bond donors (Lipinski definition) is 1. The van der Waals surface area contributed by atoms with Crippen molar-refractivity contribution in [3.8, 4) is 0 Å². The molecule has 2 heterocycles. The second kappa shape index (κ2) is 5.75. The van der Waals surface area contributed by atoms with Crippen LogP contribution in [0, 0.1) is 0 Å². The van der Waals surface area contributed by atoms with Crippen LogP contribution >= 0.6 is 11.3 Å². The van der Waals surface area contributed by atoms with Gasteiger partial charge in [-0.1, -0.05) is 0 Å². The van der Waals surface area contributed by atoms with Crippen LogP contribution in [0.3, 0.4) is 0 Å². The Morgan fingerprint density at radius 1 is 1.50 bits per heavy atom. The highest BCUT2D eigenvalue weighted by Crippen LogP contribution is 2.30. The highest BCUT2D eigenvalue weighted by molar-refractivity contribution is 7.11. The molecular weight excluding hydrogens is 218 g/mol. The van der Waals surface area contributed by atoms with Gasteiger partial charge in [0.2, 0.25) is 0 Å². The summed E-state index contributed by atoms with van der Waals surface area (Å²) < 4.78 is 0. The largest absolute Gasteiger partial charge is 0.319 e. The molecule has 0 aromatic carbocycles. The number of hydrogen-bond acceptors (Lipinski definition) is 4. The Kier molecular flexibility index (Phi) is 4.32. The average Bonchev–Trinajstić information content (AvgIpc) is 2.76. The number of nitrogens with zero attached hydrogens (tertiary/aromatic N) is 2. The minimum atomic E-state index is 0.713. The van der Waals surface area contributed by atoms with E-state index >= 15 is 0 Å². The Morgan fingerprint density at radius 3 is 2.94 bits per heavy atom. The van der Waals surface area contributed by atoms with Crippen molar-refractivity contribution in [2.24, 2.45) is 0 Å². The van der Waals surface area contributed by atoms with E-state index in [1.165, 1.54) is 35.8 Å². The summed E-state index contributed by atoms with van der Waals surface area (Å²) in [5.74, 6) is 0.713. The molecule has 0 atom stereocenters. The zero-order valence-electron chi connectivity index (χ0n) is 10.2. The van der Waals surface area contributed by atoms with Crippen LogP contribution in [0.5, 0.6) is 0 Å². The lowest BCUT2D eigenvalue weighted by atomic mass is 9.98. The van der Waals surface area contributed by atoms with E-state index < -0.39 is 0 Å². The first-order chi connectivity index (χ1) is 7.79. The van der Waals surface area contributed by atoms with Crippen molar-refractivity contribution < 1.29 is 0 Å². The van der Waals surface area contributed by atoms with Crippen molar-refractivity contribution in [2.75, 3.05) is 33.7 Å². The Bertz CT molecular complexity index is 316. The first-order valence-electron chi connectivity index (χ1n) is 6.07. The molecule has 0 amide bonds. The number of likely N-dealkylation sites (tertiary alicyclic amines) is 1. The molecule has 1 N–H and O–H groups in total. The summed E-state index contributed by atoms with van der Waals surface area (Å²) in [7, 11) is 4.20. The van der Waals surface area contributed by atoms with Gasteiger partial charge >= 0.3 is 0 Å². The van der Waals surface area contributed by atoms with E-state index in [0.29, 0.717) is 5.92 Å². The number of nitrogens with one attached hydrogen (secondary N) is 1. The van der Waals surface area contributed by atoms with Crippen LogP contribution in [0.1, 0.15) is 28.6 Å². The van der Waals surface area contributed by atoms with Gasteiger partial charge in [0.15, 0.2) is 0 Å². The number of rotatable bonds is 4. The van der Waals surface area contributed by atoms with Gasteiger partial charge in [-0.05, 0) is 53.0 Å². The minimum Gasteiger partial charge on any atom is -0.319 e. The van der Waals surface area contributed by atoms with Crippen LogP contribution in [0.4, 0.5) is 0 Å². The van der Waals surface area contributed by atoms with Gasteiger partial charge in [-0.25, -0.2) is 4.98 Å². The highest BCUT2D eigenvalue weighted by atomic mass is 32.1. The maximum Gasteiger partial charge on any atom is 0.0959 e. The van der Waals surface area contributed by atoms with E-state index in [9.17, 15) is 0 Å². The zero-order valence-corrected chi connectivity index (χ0v) is 11.0. The number of thiazole rings is 1. The predicted octanol–water partition coefficient (Wildman–Crippen LogP) is 1.71. The van der Waals surface area contributed by atoms with Gasteiger partial charge in [-0.15, -0.1) is 11.3 Å². The Morgan fingerprint density at radius 2 is 2.25 bits per heavy atom. The number of likely N-dealkylation sites (N-methyl/N-ethyl adjacent to an activating group) is 1. The summed E-state index contributed by atoms with van der Waals surface area (Å²) in [4.78, 5) is 8.42. The van der Waals surface area contributed by atoms with E-state index in [-0.39, 0.29) is 0 Å². The van der Waals surface area contributed by atoms with Crippen LogP contribution in [-0.2, 0) is 6.42 Å². The second-order valence-corrected chi connectivity index (χ2v) is 5.74. The van der Waals surface area contributed by atoms with Crippen LogP contribution in [0.2, 0.25) is 0 Å². The van der Waals surface area contributed by atoms with Crippen molar-refractivity contribution in [3.05, 3.63) is 16.1 Å². The number of aromatic nitrogens is 1. The summed E-state index contributed by atoms with van der Waals surface area (Å²) in [6.07, 6.45) is 5.72. The van der Waals surface area contributed by atoms with Crippen molar-refractivity contribution in [1.82, 2.24) is 15.2 Å². The molecule has 0 unspecified atom stereocenters. The molecule has 0 bridgehead atoms. The molecule has 0 aliphatic carbocycles. The van der Waals surface area contributed by atoms with Crippen molar-refractivity contribution in [2.45, 2.75) is 25.2 Å². The summed E-state index contributed by atoms with van der Waals surface area (Å²) in [6.45, 7) is 3.49. The predicted molar refractivity (Wildman–Crippen MR) is 69.2 cm³/mol. The van der Waals surface area contributed by atoms with Crippen molar-refractivity contribution >= 4 is 11.3 Å². The molecule has 1 aliphatic heterocycles. The van der Waals surface area contributed by atoms with Crippen LogP contribution in [0.25, 0.3) is 0 Å². The van der Waals surface area contributed by atoms with E-state index in [1.807, 2.05) is 18.4 Å². The molecule has 90 valence electrons. The molecule has 0 saturated carbocycles. The molecule has 2 rings (SSSR count). The lowest BCUT2D eigenvalue weighted by Crippen LogP contribution is -2.29. The Hall–Kier alpha value is -0.450. The zero-order chi connectivity index (χ0) is 11.4. The molecule has 4 heteroatoms. The Labute approximate surface area is 102 Å². The van der Waals surface area contributed by atoms with Crippen LogP contribution in [-0.4, -0.2) is 43.6 Å². The molecule has 16 heavy (non-hydrogen) atoms. The molecule has 1 saturated heterocycles. The topological polar surface area (TPSA) is 28.2 Å². The molecule has 0 radical (unpaired) electrons. The highest BCUT2D eigenvalue weighted by Gasteiger charge is 2.20. The first-order valence-corrected chi connectivity index (χ1v) is 6.89. The quantitative estimate of drug-likeness (QED) is 0.867. The van der Waals surface area contributed by atoms with Gasteiger partial charge < -0.3 is 10.2 Å². The fourth-order valence-electron chi connectivity index (χ4n) is 2.13. The summed E-state index contributed by atoms with van der Waals surface area (Å²) in [6, 6.07) is 0. The lowest BCUT2D eigenvalue weighted by Gasteiger charge is -2.27.